The standard InChI is InChI=1S/C14H13FO3/c15-12-4-1-3-11(9-12)10-18-14(16)7-6-13-5-2-8-17-13/h1-5,8-9H,6-7,10H2. The number of furan rings is 1. The van der Waals surface area contributed by atoms with E-state index in [-0.39, 0.29) is 24.8 Å². The monoisotopic (exact) mass is 248 g/mol. The minimum Gasteiger partial charge on any atom is -0.469 e. The highest BCUT2D eigenvalue weighted by molar-refractivity contribution is 5.69. The second-order valence-corrected chi connectivity index (χ2v) is 3.87. The minimum absolute atomic E-state index is 0.0920. The first-order chi connectivity index (χ1) is 8.74. The van der Waals surface area contributed by atoms with Gasteiger partial charge in [-0.25, -0.2) is 4.39 Å². The molecule has 1 aromatic heterocycles. The Morgan fingerprint density at radius 1 is 1.28 bits per heavy atom. The zero-order chi connectivity index (χ0) is 12.8. The fourth-order valence-electron chi connectivity index (χ4n) is 1.54. The molecule has 0 aliphatic rings. The molecule has 0 aliphatic carbocycles. The van der Waals surface area contributed by atoms with Crippen molar-refractivity contribution in [2.45, 2.75) is 19.4 Å². The summed E-state index contributed by atoms with van der Waals surface area (Å²) in [6.45, 7) is 0.0920. The third kappa shape index (κ3) is 3.73. The molecule has 94 valence electrons. The third-order valence-corrected chi connectivity index (χ3v) is 2.44. The van der Waals surface area contributed by atoms with Gasteiger partial charge in [-0.05, 0) is 29.8 Å². The van der Waals surface area contributed by atoms with Gasteiger partial charge in [0.25, 0.3) is 0 Å². The molecule has 1 aromatic carbocycles. The number of benzene rings is 1. The summed E-state index contributed by atoms with van der Waals surface area (Å²) in [5, 5.41) is 0. The average molecular weight is 248 g/mol. The lowest BCUT2D eigenvalue weighted by Gasteiger charge is -2.04. The molecule has 0 fully saturated rings. The molecule has 0 radical (unpaired) electrons. The van der Waals surface area contributed by atoms with E-state index in [1.807, 2.05) is 0 Å². The van der Waals surface area contributed by atoms with Crippen LogP contribution < -0.4 is 0 Å². The number of halogens is 1. The zero-order valence-electron chi connectivity index (χ0n) is 9.77. The number of hydrogen-bond donors (Lipinski definition) is 0. The zero-order valence-corrected chi connectivity index (χ0v) is 9.77. The Kier molecular flexibility index (Phi) is 4.12. The van der Waals surface area contributed by atoms with E-state index in [0.29, 0.717) is 12.0 Å². The van der Waals surface area contributed by atoms with Crippen molar-refractivity contribution >= 4 is 5.97 Å². The normalized spacial score (nSPS) is 10.3. The maximum atomic E-state index is 12.9. The van der Waals surface area contributed by atoms with Crippen LogP contribution in [0, 0.1) is 5.82 Å². The summed E-state index contributed by atoms with van der Waals surface area (Å²) >= 11 is 0. The Hall–Kier alpha value is -2.10. The van der Waals surface area contributed by atoms with E-state index in [1.54, 1.807) is 30.5 Å². The first-order valence-electron chi connectivity index (χ1n) is 5.66. The summed E-state index contributed by atoms with van der Waals surface area (Å²) in [6.07, 6.45) is 2.32. The van der Waals surface area contributed by atoms with Crippen LogP contribution in [0.1, 0.15) is 17.7 Å². The Labute approximate surface area is 104 Å². The fourth-order valence-corrected chi connectivity index (χ4v) is 1.54. The predicted molar refractivity (Wildman–Crippen MR) is 63.2 cm³/mol. The molecule has 18 heavy (non-hydrogen) atoms. The van der Waals surface area contributed by atoms with Crippen molar-refractivity contribution < 1.29 is 18.3 Å². The smallest absolute Gasteiger partial charge is 0.306 e. The average Bonchev–Trinajstić information content (AvgIpc) is 2.87. The molecule has 0 atom stereocenters. The van der Waals surface area contributed by atoms with Gasteiger partial charge < -0.3 is 9.15 Å². The summed E-state index contributed by atoms with van der Waals surface area (Å²) in [6, 6.07) is 9.57. The molecule has 0 spiro atoms. The van der Waals surface area contributed by atoms with E-state index in [4.69, 9.17) is 9.15 Å². The maximum Gasteiger partial charge on any atom is 0.306 e. The summed E-state index contributed by atoms with van der Waals surface area (Å²) in [7, 11) is 0. The first kappa shape index (κ1) is 12.4. The lowest BCUT2D eigenvalue weighted by molar-refractivity contribution is -0.145. The van der Waals surface area contributed by atoms with E-state index >= 15 is 0 Å². The molecule has 0 saturated carbocycles. The molecule has 3 nitrogen and oxygen atoms in total. The van der Waals surface area contributed by atoms with Crippen molar-refractivity contribution in [3.05, 3.63) is 59.8 Å². The number of rotatable bonds is 5. The fraction of sp³-hybridized carbons (Fsp3) is 0.214. The predicted octanol–water partition coefficient (Wildman–Crippen LogP) is 3.09. The Bertz CT molecular complexity index is 506. The second-order valence-electron chi connectivity index (χ2n) is 3.87. The highest BCUT2D eigenvalue weighted by atomic mass is 19.1. The van der Waals surface area contributed by atoms with Gasteiger partial charge >= 0.3 is 5.97 Å². The molecule has 2 aromatic rings. The van der Waals surface area contributed by atoms with Gasteiger partial charge in [-0.1, -0.05) is 12.1 Å². The van der Waals surface area contributed by atoms with Crippen LogP contribution in [0.4, 0.5) is 4.39 Å². The van der Waals surface area contributed by atoms with E-state index in [0.717, 1.165) is 5.76 Å². The van der Waals surface area contributed by atoms with Gasteiger partial charge in [-0.3, -0.25) is 4.79 Å². The van der Waals surface area contributed by atoms with Gasteiger partial charge in [0.2, 0.25) is 0 Å². The number of esters is 1. The lowest BCUT2D eigenvalue weighted by Crippen LogP contribution is -2.05. The summed E-state index contributed by atoms with van der Waals surface area (Å²) in [5.74, 6) is 0.0903. The van der Waals surface area contributed by atoms with Crippen LogP contribution in [-0.2, 0) is 22.6 Å². The van der Waals surface area contributed by atoms with E-state index in [9.17, 15) is 9.18 Å². The van der Waals surface area contributed by atoms with Crippen molar-refractivity contribution in [1.82, 2.24) is 0 Å². The molecule has 0 N–H and O–H groups in total. The SMILES string of the molecule is O=C(CCc1ccco1)OCc1cccc(F)c1. The highest BCUT2D eigenvalue weighted by Crippen LogP contribution is 2.07. The van der Waals surface area contributed by atoms with Crippen LogP contribution in [0.5, 0.6) is 0 Å². The van der Waals surface area contributed by atoms with Crippen LogP contribution in [0.15, 0.2) is 47.1 Å². The van der Waals surface area contributed by atoms with Crippen LogP contribution in [0.3, 0.4) is 0 Å². The Morgan fingerprint density at radius 3 is 2.89 bits per heavy atom. The van der Waals surface area contributed by atoms with Crippen molar-refractivity contribution in [2.75, 3.05) is 0 Å². The summed E-state index contributed by atoms with van der Waals surface area (Å²) < 4.78 is 23.0. The second kappa shape index (κ2) is 6.00. The molecule has 0 unspecified atom stereocenters. The Balaban J connectivity index is 1.75. The van der Waals surface area contributed by atoms with Crippen LogP contribution >= 0.6 is 0 Å². The number of ether oxygens (including phenoxy) is 1. The third-order valence-electron chi connectivity index (χ3n) is 2.44. The van der Waals surface area contributed by atoms with Gasteiger partial charge in [0.15, 0.2) is 0 Å². The van der Waals surface area contributed by atoms with Gasteiger partial charge in [0.05, 0.1) is 12.7 Å². The topological polar surface area (TPSA) is 39.4 Å². The summed E-state index contributed by atoms with van der Waals surface area (Å²) in [5.41, 5.74) is 0.640. The van der Waals surface area contributed by atoms with E-state index in [1.165, 1.54) is 12.1 Å². The molecule has 2 rings (SSSR count). The number of hydrogen-bond acceptors (Lipinski definition) is 3. The van der Waals surface area contributed by atoms with Crippen molar-refractivity contribution in [1.29, 1.82) is 0 Å². The quantitative estimate of drug-likeness (QED) is 0.763. The van der Waals surface area contributed by atoms with Crippen molar-refractivity contribution in [2.24, 2.45) is 0 Å². The molecular weight excluding hydrogens is 235 g/mol. The number of carbonyl (C=O) groups excluding carboxylic acids is 1. The first-order valence-corrected chi connectivity index (χ1v) is 5.66. The maximum absolute atomic E-state index is 12.9. The molecule has 0 bridgehead atoms. The van der Waals surface area contributed by atoms with Gasteiger partial charge in [-0.2, -0.15) is 0 Å². The highest BCUT2D eigenvalue weighted by Gasteiger charge is 2.06. The van der Waals surface area contributed by atoms with Crippen LogP contribution in [0.25, 0.3) is 0 Å². The van der Waals surface area contributed by atoms with Crippen LogP contribution in [-0.4, -0.2) is 5.97 Å². The van der Waals surface area contributed by atoms with E-state index in [2.05, 4.69) is 0 Å². The largest absolute Gasteiger partial charge is 0.469 e. The number of carbonyl (C=O) groups is 1. The van der Waals surface area contributed by atoms with Crippen molar-refractivity contribution in [3.8, 4) is 0 Å². The molecule has 1 heterocycles. The van der Waals surface area contributed by atoms with Gasteiger partial charge in [-0.15, -0.1) is 0 Å². The van der Waals surface area contributed by atoms with Crippen molar-refractivity contribution in [3.63, 3.8) is 0 Å². The molecule has 0 aliphatic heterocycles. The van der Waals surface area contributed by atoms with Gasteiger partial charge in [0, 0.05) is 6.42 Å². The van der Waals surface area contributed by atoms with Gasteiger partial charge in [0.1, 0.15) is 18.2 Å². The molecule has 0 saturated heterocycles. The Morgan fingerprint density at radius 2 is 2.17 bits per heavy atom. The summed E-state index contributed by atoms with van der Waals surface area (Å²) in [4.78, 5) is 11.4. The van der Waals surface area contributed by atoms with E-state index < -0.39 is 0 Å². The number of aryl methyl sites for hydroxylation is 1. The van der Waals surface area contributed by atoms with Crippen LogP contribution in [0.2, 0.25) is 0 Å². The molecule has 4 heteroatoms. The molecule has 0 amide bonds. The molecular formula is C14H13FO3. The minimum atomic E-state index is -0.334. The lowest BCUT2D eigenvalue weighted by atomic mass is 10.2.